The summed E-state index contributed by atoms with van der Waals surface area (Å²) in [5.41, 5.74) is 2.76. The molecule has 0 aliphatic carbocycles. The van der Waals surface area contributed by atoms with Gasteiger partial charge in [0.25, 0.3) is 5.91 Å². The second kappa shape index (κ2) is 11.0. The van der Waals surface area contributed by atoms with Crippen LogP contribution >= 0.6 is 0 Å². The summed E-state index contributed by atoms with van der Waals surface area (Å²) < 4.78 is 11.3. The van der Waals surface area contributed by atoms with Gasteiger partial charge >= 0.3 is 0 Å². The van der Waals surface area contributed by atoms with Gasteiger partial charge in [0, 0.05) is 51.8 Å². The van der Waals surface area contributed by atoms with Gasteiger partial charge in [-0.25, -0.2) is 0 Å². The molecule has 2 fully saturated rings. The molecule has 0 bridgehead atoms. The summed E-state index contributed by atoms with van der Waals surface area (Å²) >= 11 is 0. The van der Waals surface area contributed by atoms with Gasteiger partial charge in [0.2, 0.25) is 5.91 Å². The zero-order valence-corrected chi connectivity index (χ0v) is 20.4. The number of morpholine rings is 1. The third kappa shape index (κ3) is 5.77. The second-order valence-electron chi connectivity index (χ2n) is 9.26. The predicted octanol–water partition coefficient (Wildman–Crippen LogP) is 3.35. The molecule has 4 rings (SSSR count). The molecular weight excluding hydrogens is 430 g/mol. The van der Waals surface area contributed by atoms with Crippen LogP contribution in [-0.4, -0.2) is 78.6 Å². The number of carbonyl (C=O) groups is 2. The molecule has 0 radical (unpaired) electrons. The fraction of sp³-hybridized carbons (Fsp3) is 0.481. The highest BCUT2D eigenvalue weighted by molar-refractivity contribution is 5.96. The highest BCUT2D eigenvalue weighted by Crippen LogP contribution is 2.30. The van der Waals surface area contributed by atoms with Gasteiger partial charge in [-0.1, -0.05) is 30.3 Å². The number of ether oxygens (including phenoxy) is 2. The molecule has 2 amide bonds. The SMILES string of the molecule is CC(=O)N1CCN(C(=O)c2ccccc2CN2CCOCC2)[C@H](c2ccc(OC(C)C)cc2)C1. The minimum absolute atomic E-state index is 0.0135. The van der Waals surface area contributed by atoms with Crippen molar-refractivity contribution < 1.29 is 19.1 Å². The van der Waals surface area contributed by atoms with Gasteiger partial charge in [0.15, 0.2) is 0 Å². The van der Waals surface area contributed by atoms with Crippen LogP contribution < -0.4 is 4.74 Å². The van der Waals surface area contributed by atoms with Gasteiger partial charge in [-0.2, -0.15) is 0 Å². The minimum Gasteiger partial charge on any atom is -0.491 e. The Balaban J connectivity index is 1.59. The van der Waals surface area contributed by atoms with Crippen LogP contribution in [0.3, 0.4) is 0 Å². The molecule has 2 aliphatic heterocycles. The van der Waals surface area contributed by atoms with Crippen LogP contribution in [0.4, 0.5) is 0 Å². The molecule has 0 aromatic heterocycles. The van der Waals surface area contributed by atoms with Gasteiger partial charge in [0.05, 0.1) is 25.4 Å². The number of rotatable bonds is 6. The lowest BCUT2D eigenvalue weighted by Gasteiger charge is -2.42. The van der Waals surface area contributed by atoms with Crippen LogP contribution in [0.2, 0.25) is 0 Å². The van der Waals surface area contributed by atoms with E-state index < -0.39 is 0 Å². The molecular formula is C27H35N3O4. The molecule has 182 valence electrons. The van der Waals surface area contributed by atoms with Gasteiger partial charge < -0.3 is 19.3 Å². The van der Waals surface area contributed by atoms with Gasteiger partial charge in [0.1, 0.15) is 5.75 Å². The Morgan fingerprint density at radius 3 is 2.38 bits per heavy atom. The molecule has 1 atom stereocenters. The highest BCUT2D eigenvalue weighted by Gasteiger charge is 2.34. The summed E-state index contributed by atoms with van der Waals surface area (Å²) in [6.45, 7) is 11.0. The maximum absolute atomic E-state index is 13.9. The highest BCUT2D eigenvalue weighted by atomic mass is 16.5. The Morgan fingerprint density at radius 2 is 1.71 bits per heavy atom. The van der Waals surface area contributed by atoms with Crippen LogP contribution in [-0.2, 0) is 16.1 Å². The first-order valence-electron chi connectivity index (χ1n) is 12.1. The van der Waals surface area contributed by atoms with Crippen LogP contribution in [0, 0.1) is 0 Å². The van der Waals surface area contributed by atoms with E-state index in [4.69, 9.17) is 9.47 Å². The molecule has 2 aliphatic rings. The van der Waals surface area contributed by atoms with Crippen molar-refractivity contribution in [3.05, 3.63) is 65.2 Å². The van der Waals surface area contributed by atoms with Crippen LogP contribution in [0.1, 0.15) is 48.3 Å². The first-order valence-corrected chi connectivity index (χ1v) is 12.1. The van der Waals surface area contributed by atoms with Crippen LogP contribution in [0.25, 0.3) is 0 Å². The van der Waals surface area contributed by atoms with E-state index in [0.29, 0.717) is 19.6 Å². The van der Waals surface area contributed by atoms with E-state index in [1.54, 1.807) is 6.92 Å². The third-order valence-corrected chi connectivity index (χ3v) is 6.47. The standard InChI is InChI=1S/C27H35N3O4/c1-20(2)34-24-10-8-22(9-11-24)26-19-29(21(3)31)12-13-30(26)27(32)25-7-5-4-6-23(25)18-28-14-16-33-17-15-28/h4-11,20,26H,12-19H2,1-3H3/t26-/m0/s1. The van der Waals surface area contributed by atoms with Crippen molar-refractivity contribution >= 4 is 11.8 Å². The van der Waals surface area contributed by atoms with E-state index >= 15 is 0 Å². The van der Waals surface area contributed by atoms with Crippen LogP contribution in [0.15, 0.2) is 48.5 Å². The molecule has 7 heteroatoms. The Bertz CT molecular complexity index is 986. The second-order valence-corrected chi connectivity index (χ2v) is 9.26. The fourth-order valence-electron chi connectivity index (χ4n) is 4.66. The van der Waals surface area contributed by atoms with E-state index in [2.05, 4.69) is 4.90 Å². The molecule has 2 aromatic rings. The van der Waals surface area contributed by atoms with Crippen molar-refractivity contribution in [2.45, 2.75) is 39.5 Å². The number of hydrogen-bond donors (Lipinski definition) is 0. The number of carbonyl (C=O) groups excluding carboxylic acids is 2. The topological polar surface area (TPSA) is 62.3 Å². The monoisotopic (exact) mass is 465 g/mol. The van der Waals surface area contributed by atoms with E-state index in [9.17, 15) is 9.59 Å². The summed E-state index contributed by atoms with van der Waals surface area (Å²) in [6.07, 6.45) is 0.0924. The van der Waals surface area contributed by atoms with E-state index in [-0.39, 0.29) is 24.0 Å². The van der Waals surface area contributed by atoms with Crippen LogP contribution in [0.5, 0.6) is 5.75 Å². The van der Waals surface area contributed by atoms with Crippen molar-refractivity contribution in [3.8, 4) is 5.75 Å². The fourth-order valence-corrected chi connectivity index (χ4v) is 4.66. The average Bonchev–Trinajstić information content (AvgIpc) is 2.84. The number of benzene rings is 2. The summed E-state index contributed by atoms with van der Waals surface area (Å²) in [7, 11) is 0. The van der Waals surface area contributed by atoms with Crippen molar-refractivity contribution in [2.75, 3.05) is 45.9 Å². The Labute approximate surface area is 202 Å². The Morgan fingerprint density at radius 1 is 1.00 bits per heavy atom. The van der Waals surface area contributed by atoms with Gasteiger partial charge in [-0.05, 0) is 43.2 Å². The number of amides is 2. The molecule has 34 heavy (non-hydrogen) atoms. The predicted molar refractivity (Wildman–Crippen MR) is 131 cm³/mol. The minimum atomic E-state index is -0.213. The molecule has 2 aromatic carbocycles. The Kier molecular flexibility index (Phi) is 7.85. The van der Waals surface area contributed by atoms with E-state index in [0.717, 1.165) is 55.3 Å². The summed E-state index contributed by atoms with van der Waals surface area (Å²) in [6, 6.07) is 15.6. The average molecular weight is 466 g/mol. The quantitative estimate of drug-likeness (QED) is 0.655. The zero-order chi connectivity index (χ0) is 24.1. The summed E-state index contributed by atoms with van der Waals surface area (Å²) in [5.74, 6) is 0.843. The van der Waals surface area contributed by atoms with Crippen molar-refractivity contribution in [1.29, 1.82) is 0 Å². The van der Waals surface area contributed by atoms with E-state index in [1.807, 2.05) is 72.2 Å². The first kappa shape index (κ1) is 24.2. The number of hydrogen-bond acceptors (Lipinski definition) is 5. The normalized spacial score (nSPS) is 19.4. The smallest absolute Gasteiger partial charge is 0.254 e. The van der Waals surface area contributed by atoms with Crippen molar-refractivity contribution in [1.82, 2.24) is 14.7 Å². The van der Waals surface area contributed by atoms with E-state index in [1.165, 1.54) is 0 Å². The Hall–Kier alpha value is -2.90. The zero-order valence-electron chi connectivity index (χ0n) is 20.4. The largest absolute Gasteiger partial charge is 0.491 e. The lowest BCUT2D eigenvalue weighted by molar-refractivity contribution is -0.131. The summed E-state index contributed by atoms with van der Waals surface area (Å²) in [4.78, 5) is 32.1. The number of piperazine rings is 1. The van der Waals surface area contributed by atoms with Gasteiger partial charge in [-0.15, -0.1) is 0 Å². The number of nitrogens with zero attached hydrogens (tertiary/aromatic N) is 3. The molecule has 0 N–H and O–H groups in total. The van der Waals surface area contributed by atoms with Crippen molar-refractivity contribution in [3.63, 3.8) is 0 Å². The first-order chi connectivity index (χ1) is 16.4. The van der Waals surface area contributed by atoms with Crippen molar-refractivity contribution in [2.24, 2.45) is 0 Å². The summed E-state index contributed by atoms with van der Waals surface area (Å²) in [5, 5.41) is 0. The molecule has 2 heterocycles. The lowest BCUT2D eigenvalue weighted by Crippen LogP contribution is -2.52. The lowest BCUT2D eigenvalue weighted by atomic mass is 9.99. The van der Waals surface area contributed by atoms with Gasteiger partial charge in [-0.3, -0.25) is 14.5 Å². The molecule has 0 saturated carbocycles. The molecule has 0 unspecified atom stereocenters. The molecule has 7 nitrogen and oxygen atoms in total. The molecule has 0 spiro atoms. The third-order valence-electron chi connectivity index (χ3n) is 6.47. The maximum Gasteiger partial charge on any atom is 0.254 e. The maximum atomic E-state index is 13.9. The molecule has 2 saturated heterocycles.